The molecule has 1 aliphatic carbocycles. The van der Waals surface area contributed by atoms with Crippen LogP contribution in [0.4, 0.5) is 0 Å². The highest BCUT2D eigenvalue weighted by atomic mass is 32.1. The van der Waals surface area contributed by atoms with E-state index in [1.807, 2.05) is 48.8 Å². The van der Waals surface area contributed by atoms with Gasteiger partial charge < -0.3 is 10.2 Å². The largest absolute Gasteiger partial charge is 0.352 e. The molecule has 1 aromatic carbocycles. The van der Waals surface area contributed by atoms with Crippen molar-refractivity contribution in [3.05, 3.63) is 57.8 Å². The summed E-state index contributed by atoms with van der Waals surface area (Å²) in [6.07, 6.45) is 4.62. The van der Waals surface area contributed by atoms with Crippen LogP contribution >= 0.6 is 11.3 Å². The molecule has 4 atom stereocenters. The summed E-state index contributed by atoms with van der Waals surface area (Å²) in [5, 5.41) is 5.34. The van der Waals surface area contributed by atoms with Crippen molar-refractivity contribution < 1.29 is 9.59 Å². The van der Waals surface area contributed by atoms with E-state index in [0.29, 0.717) is 11.5 Å². The van der Waals surface area contributed by atoms with Crippen molar-refractivity contribution in [2.24, 2.45) is 5.92 Å². The molecule has 0 radical (unpaired) electrons. The zero-order chi connectivity index (χ0) is 19.0. The second kappa shape index (κ2) is 7.47. The minimum Gasteiger partial charge on any atom is -0.352 e. The molecule has 2 aromatic rings. The second-order valence-electron chi connectivity index (χ2n) is 7.82. The van der Waals surface area contributed by atoms with Crippen LogP contribution < -0.4 is 5.32 Å². The normalized spacial score (nSPS) is 27.9. The van der Waals surface area contributed by atoms with E-state index in [2.05, 4.69) is 12.2 Å². The number of hydrogen-bond acceptors (Lipinski definition) is 3. The molecule has 0 spiro atoms. The van der Waals surface area contributed by atoms with E-state index in [1.54, 1.807) is 16.2 Å². The summed E-state index contributed by atoms with van der Waals surface area (Å²) >= 11 is 1.60. The van der Waals surface area contributed by atoms with Crippen LogP contribution in [0.5, 0.6) is 0 Å². The standard InChI is InChI=1S/C22H26N2O2S/c1-14-8-3-6-11-17(14)23-21(25)19-15-9-4-5-10-16(15)22(26)24(2)20(19)18-12-7-13-27-18/h4-5,7,9-10,12-14,17,19-20H,3,6,8,11H2,1-2H3,(H,23,25). The van der Waals surface area contributed by atoms with Gasteiger partial charge in [-0.3, -0.25) is 9.59 Å². The first-order valence-corrected chi connectivity index (χ1v) is 10.7. The van der Waals surface area contributed by atoms with E-state index >= 15 is 0 Å². The van der Waals surface area contributed by atoms with Crippen molar-refractivity contribution in [1.82, 2.24) is 10.2 Å². The molecule has 142 valence electrons. The highest BCUT2D eigenvalue weighted by Crippen LogP contribution is 2.43. The molecule has 0 saturated heterocycles. The molecule has 4 rings (SSSR count). The van der Waals surface area contributed by atoms with Crippen molar-refractivity contribution >= 4 is 23.2 Å². The maximum atomic E-state index is 13.5. The van der Waals surface area contributed by atoms with E-state index in [-0.39, 0.29) is 29.8 Å². The summed E-state index contributed by atoms with van der Waals surface area (Å²) in [4.78, 5) is 29.2. The number of thiophene rings is 1. The molecule has 27 heavy (non-hydrogen) atoms. The fourth-order valence-corrected chi connectivity index (χ4v) is 5.48. The van der Waals surface area contributed by atoms with Gasteiger partial charge in [0.2, 0.25) is 5.91 Å². The molecule has 5 heteroatoms. The number of carbonyl (C=O) groups is 2. The van der Waals surface area contributed by atoms with E-state index in [4.69, 9.17) is 0 Å². The number of nitrogens with one attached hydrogen (secondary N) is 1. The first-order chi connectivity index (χ1) is 13.1. The van der Waals surface area contributed by atoms with Crippen LogP contribution in [0.2, 0.25) is 0 Å². The Bertz CT molecular complexity index is 833. The third kappa shape index (κ3) is 3.29. The van der Waals surface area contributed by atoms with Crippen LogP contribution in [0.1, 0.15) is 65.4 Å². The van der Waals surface area contributed by atoms with Crippen molar-refractivity contribution in [2.45, 2.75) is 50.6 Å². The number of benzene rings is 1. The first-order valence-electron chi connectivity index (χ1n) is 9.78. The van der Waals surface area contributed by atoms with Crippen molar-refractivity contribution in [1.29, 1.82) is 0 Å². The van der Waals surface area contributed by atoms with Crippen LogP contribution in [-0.2, 0) is 4.79 Å². The predicted molar refractivity (Wildman–Crippen MR) is 108 cm³/mol. The van der Waals surface area contributed by atoms with Crippen molar-refractivity contribution in [2.75, 3.05) is 7.05 Å². The van der Waals surface area contributed by atoms with Gasteiger partial charge in [-0.05, 0) is 41.8 Å². The molecule has 1 fully saturated rings. The molecule has 1 aliphatic heterocycles. The van der Waals surface area contributed by atoms with Crippen LogP contribution in [0.3, 0.4) is 0 Å². The highest BCUT2D eigenvalue weighted by Gasteiger charge is 2.43. The van der Waals surface area contributed by atoms with E-state index in [0.717, 1.165) is 16.9 Å². The van der Waals surface area contributed by atoms with Gasteiger partial charge in [0.15, 0.2) is 0 Å². The SMILES string of the molecule is CC1CCCCC1NC(=O)C1c2ccccc2C(=O)N(C)C1c1cccs1. The summed E-state index contributed by atoms with van der Waals surface area (Å²) in [7, 11) is 1.81. The summed E-state index contributed by atoms with van der Waals surface area (Å²) in [5.41, 5.74) is 1.49. The molecular formula is C22H26N2O2S. The Morgan fingerprint density at radius 3 is 2.67 bits per heavy atom. The number of hydrogen-bond donors (Lipinski definition) is 1. The van der Waals surface area contributed by atoms with E-state index in [9.17, 15) is 9.59 Å². The number of likely N-dealkylation sites (N-methyl/N-ethyl adjacent to an activating group) is 1. The minimum absolute atomic E-state index is 0.0147. The molecule has 2 aliphatic rings. The fourth-order valence-electron chi connectivity index (χ4n) is 4.58. The Hall–Kier alpha value is -2.14. The Balaban J connectivity index is 1.72. The van der Waals surface area contributed by atoms with Gasteiger partial charge in [0.05, 0.1) is 12.0 Å². The Labute approximate surface area is 164 Å². The summed E-state index contributed by atoms with van der Waals surface area (Å²) in [6.45, 7) is 2.23. The number of rotatable bonds is 3. The third-order valence-electron chi connectivity index (χ3n) is 6.14. The van der Waals surface area contributed by atoms with Gasteiger partial charge in [0.1, 0.15) is 0 Å². The van der Waals surface area contributed by atoms with Gasteiger partial charge in [-0.25, -0.2) is 0 Å². The molecule has 1 N–H and O–H groups in total. The topological polar surface area (TPSA) is 49.4 Å². The smallest absolute Gasteiger partial charge is 0.254 e. The number of amides is 2. The Kier molecular flexibility index (Phi) is 5.04. The number of carbonyl (C=O) groups excluding carboxylic acids is 2. The maximum absolute atomic E-state index is 13.5. The third-order valence-corrected chi connectivity index (χ3v) is 7.08. The van der Waals surface area contributed by atoms with Gasteiger partial charge in [0.25, 0.3) is 5.91 Å². The van der Waals surface area contributed by atoms with Crippen LogP contribution in [0.25, 0.3) is 0 Å². The van der Waals surface area contributed by atoms with Gasteiger partial charge in [-0.1, -0.05) is 44.0 Å². The molecule has 0 bridgehead atoms. The zero-order valence-electron chi connectivity index (χ0n) is 15.9. The predicted octanol–water partition coefficient (Wildman–Crippen LogP) is 4.35. The average Bonchev–Trinajstić information content (AvgIpc) is 3.20. The quantitative estimate of drug-likeness (QED) is 0.858. The highest BCUT2D eigenvalue weighted by molar-refractivity contribution is 7.10. The fraction of sp³-hybridized carbons (Fsp3) is 0.455. The zero-order valence-corrected chi connectivity index (χ0v) is 16.7. The summed E-state index contributed by atoms with van der Waals surface area (Å²) in [5.74, 6) is 0.149. The molecule has 1 aromatic heterocycles. The second-order valence-corrected chi connectivity index (χ2v) is 8.80. The lowest BCUT2D eigenvalue weighted by Gasteiger charge is -2.40. The average molecular weight is 383 g/mol. The van der Waals surface area contributed by atoms with Crippen molar-refractivity contribution in [3.63, 3.8) is 0 Å². The molecule has 2 heterocycles. The lowest BCUT2D eigenvalue weighted by Crippen LogP contribution is -2.49. The Morgan fingerprint density at radius 2 is 1.93 bits per heavy atom. The van der Waals surface area contributed by atoms with Crippen molar-refractivity contribution in [3.8, 4) is 0 Å². The molecule has 4 unspecified atom stereocenters. The van der Waals surface area contributed by atoms with Crippen LogP contribution in [0, 0.1) is 5.92 Å². The summed E-state index contributed by atoms with van der Waals surface area (Å²) in [6, 6.07) is 11.5. The van der Waals surface area contributed by atoms with Gasteiger partial charge in [0, 0.05) is 23.5 Å². The monoisotopic (exact) mass is 382 g/mol. The van der Waals surface area contributed by atoms with E-state index in [1.165, 1.54) is 19.3 Å². The first kappa shape index (κ1) is 18.2. The molecule has 2 amide bonds. The Morgan fingerprint density at radius 1 is 1.15 bits per heavy atom. The lowest BCUT2D eigenvalue weighted by atomic mass is 9.80. The van der Waals surface area contributed by atoms with E-state index < -0.39 is 0 Å². The summed E-state index contributed by atoms with van der Waals surface area (Å²) < 4.78 is 0. The molecule has 1 saturated carbocycles. The molecule has 4 nitrogen and oxygen atoms in total. The van der Waals surface area contributed by atoms with Crippen LogP contribution in [-0.4, -0.2) is 29.8 Å². The number of fused-ring (bicyclic) bond motifs is 1. The molecular weight excluding hydrogens is 356 g/mol. The number of nitrogens with zero attached hydrogens (tertiary/aromatic N) is 1. The van der Waals surface area contributed by atoms with Crippen LogP contribution in [0.15, 0.2) is 41.8 Å². The minimum atomic E-state index is -0.378. The van der Waals surface area contributed by atoms with Gasteiger partial charge >= 0.3 is 0 Å². The van der Waals surface area contributed by atoms with Gasteiger partial charge in [-0.15, -0.1) is 11.3 Å². The maximum Gasteiger partial charge on any atom is 0.254 e. The van der Waals surface area contributed by atoms with Gasteiger partial charge in [-0.2, -0.15) is 0 Å². The lowest BCUT2D eigenvalue weighted by molar-refractivity contribution is -0.125.